The Balaban J connectivity index is 2.29. The lowest BCUT2D eigenvalue weighted by Crippen LogP contribution is -2.16. The quantitative estimate of drug-likeness (QED) is 0.647. The molecule has 1 unspecified atom stereocenters. The van der Waals surface area contributed by atoms with Crippen LogP contribution in [-0.4, -0.2) is 18.6 Å². The molecule has 1 N–H and O–H groups in total. The monoisotopic (exact) mass is 287 g/mol. The molecule has 2 aromatic rings. The highest BCUT2D eigenvalue weighted by Crippen LogP contribution is 2.26. The van der Waals surface area contributed by atoms with Gasteiger partial charge in [-0.25, -0.2) is 0 Å². The molecular weight excluding hydrogens is 274 g/mol. The van der Waals surface area contributed by atoms with Gasteiger partial charge in [0, 0.05) is 19.2 Å². The second-order valence-electron chi connectivity index (χ2n) is 4.27. The number of nitrogens with zero attached hydrogens (tertiary/aromatic N) is 2. The Morgan fingerprint density at radius 2 is 2.33 bits per heavy atom. The zero-order valence-corrected chi connectivity index (χ0v) is 11.3. The van der Waals surface area contributed by atoms with E-state index >= 15 is 0 Å². The molecule has 108 valence electrons. The van der Waals surface area contributed by atoms with E-state index in [4.69, 9.17) is 14.4 Å². The van der Waals surface area contributed by atoms with E-state index in [0.717, 1.165) is 0 Å². The van der Waals surface area contributed by atoms with Crippen LogP contribution in [0.25, 0.3) is 0 Å². The summed E-state index contributed by atoms with van der Waals surface area (Å²) in [6, 6.07) is 9.26. The molecule has 0 aliphatic rings. The topological polar surface area (TPSA) is 101 Å². The molecule has 2 rings (SSSR count). The van der Waals surface area contributed by atoms with Gasteiger partial charge >= 0.3 is 0 Å². The first-order valence-corrected chi connectivity index (χ1v) is 6.13. The molecule has 0 radical (unpaired) electrons. The van der Waals surface area contributed by atoms with Crippen LogP contribution in [0.15, 0.2) is 41.0 Å². The first-order valence-electron chi connectivity index (χ1n) is 6.13. The smallest absolute Gasteiger partial charge is 0.270 e. The van der Waals surface area contributed by atoms with Crippen LogP contribution in [0.5, 0.6) is 0 Å². The molecule has 1 atom stereocenters. The zero-order chi connectivity index (χ0) is 15.2. The van der Waals surface area contributed by atoms with Crippen molar-refractivity contribution in [3.8, 4) is 6.07 Å². The van der Waals surface area contributed by atoms with E-state index in [2.05, 4.69) is 5.32 Å². The van der Waals surface area contributed by atoms with Gasteiger partial charge in [0.2, 0.25) is 0 Å². The molecule has 0 saturated carbocycles. The molecule has 0 amide bonds. The van der Waals surface area contributed by atoms with Crippen LogP contribution in [-0.2, 0) is 4.74 Å². The lowest BCUT2D eigenvalue weighted by molar-refractivity contribution is -0.384. The number of furan rings is 1. The van der Waals surface area contributed by atoms with Crippen molar-refractivity contribution in [2.45, 2.75) is 6.04 Å². The second kappa shape index (κ2) is 6.54. The summed E-state index contributed by atoms with van der Waals surface area (Å²) in [6.07, 6.45) is 1.54. The van der Waals surface area contributed by atoms with Crippen LogP contribution in [0.1, 0.15) is 17.4 Å². The Kier molecular flexibility index (Phi) is 4.53. The second-order valence-corrected chi connectivity index (χ2v) is 4.27. The van der Waals surface area contributed by atoms with Gasteiger partial charge in [0.05, 0.1) is 29.0 Å². The lowest BCUT2D eigenvalue weighted by atomic mass is 10.1. The van der Waals surface area contributed by atoms with Crippen molar-refractivity contribution in [1.82, 2.24) is 0 Å². The largest absolute Gasteiger partial charge is 0.467 e. The van der Waals surface area contributed by atoms with Crippen LogP contribution in [0.3, 0.4) is 0 Å². The normalized spacial score (nSPS) is 11.6. The molecule has 0 saturated heterocycles. The fourth-order valence-electron chi connectivity index (χ4n) is 1.90. The summed E-state index contributed by atoms with van der Waals surface area (Å²) in [5.41, 5.74) is 0.553. The summed E-state index contributed by atoms with van der Waals surface area (Å²) < 4.78 is 10.4. The Morgan fingerprint density at radius 3 is 2.90 bits per heavy atom. The molecule has 0 bridgehead atoms. The third kappa shape index (κ3) is 3.38. The highest BCUT2D eigenvalue weighted by molar-refractivity contribution is 5.62. The molecule has 7 nitrogen and oxygen atoms in total. The number of anilines is 1. The number of ether oxygens (including phenoxy) is 1. The van der Waals surface area contributed by atoms with Crippen molar-refractivity contribution in [3.05, 3.63) is 58.0 Å². The summed E-state index contributed by atoms with van der Waals surface area (Å²) in [6.45, 7) is 0.329. The molecule has 1 aromatic heterocycles. The van der Waals surface area contributed by atoms with Crippen molar-refractivity contribution in [3.63, 3.8) is 0 Å². The minimum Gasteiger partial charge on any atom is -0.467 e. The maximum Gasteiger partial charge on any atom is 0.270 e. The van der Waals surface area contributed by atoms with E-state index in [0.29, 0.717) is 18.1 Å². The molecule has 7 heteroatoms. The predicted octanol–water partition coefficient (Wildman–Crippen LogP) is 2.86. The molecular formula is C14H13N3O4. The van der Waals surface area contributed by atoms with Crippen LogP contribution in [0, 0.1) is 21.4 Å². The van der Waals surface area contributed by atoms with Crippen LogP contribution in [0.4, 0.5) is 11.4 Å². The summed E-state index contributed by atoms with van der Waals surface area (Å²) >= 11 is 0. The van der Waals surface area contributed by atoms with Crippen molar-refractivity contribution in [2.24, 2.45) is 0 Å². The van der Waals surface area contributed by atoms with Gasteiger partial charge in [0.25, 0.3) is 5.69 Å². The van der Waals surface area contributed by atoms with E-state index in [1.165, 1.54) is 18.2 Å². The van der Waals surface area contributed by atoms with E-state index in [1.807, 2.05) is 6.07 Å². The summed E-state index contributed by atoms with van der Waals surface area (Å²) in [7, 11) is 1.55. The lowest BCUT2D eigenvalue weighted by Gasteiger charge is -2.17. The Labute approximate surface area is 120 Å². The number of methoxy groups -OCH3 is 1. The van der Waals surface area contributed by atoms with Gasteiger partial charge in [-0.1, -0.05) is 0 Å². The van der Waals surface area contributed by atoms with Crippen molar-refractivity contribution in [1.29, 1.82) is 5.26 Å². The van der Waals surface area contributed by atoms with Crippen molar-refractivity contribution in [2.75, 3.05) is 19.0 Å². The summed E-state index contributed by atoms with van der Waals surface area (Å²) in [4.78, 5) is 10.2. The molecule has 0 spiro atoms. The third-order valence-corrected chi connectivity index (χ3v) is 2.88. The average molecular weight is 287 g/mol. The number of nitro benzene ring substituents is 1. The molecule has 1 heterocycles. The Morgan fingerprint density at radius 1 is 1.52 bits per heavy atom. The van der Waals surface area contributed by atoms with Gasteiger partial charge in [-0.2, -0.15) is 5.26 Å². The number of nitro groups is 1. The number of non-ortho nitro benzene ring substituents is 1. The van der Waals surface area contributed by atoms with E-state index in [-0.39, 0.29) is 17.3 Å². The minimum atomic E-state index is -0.538. The average Bonchev–Trinajstić information content (AvgIpc) is 3.01. The molecule has 0 aliphatic carbocycles. The predicted molar refractivity (Wildman–Crippen MR) is 74.8 cm³/mol. The number of hydrogen-bond donors (Lipinski definition) is 1. The highest BCUT2D eigenvalue weighted by Gasteiger charge is 2.17. The van der Waals surface area contributed by atoms with E-state index < -0.39 is 4.92 Å². The number of nitrogens with one attached hydrogen (secondary N) is 1. The van der Waals surface area contributed by atoms with Crippen LogP contribution in [0.2, 0.25) is 0 Å². The van der Waals surface area contributed by atoms with Gasteiger partial charge in [-0.05, 0) is 18.2 Å². The molecule has 0 aliphatic heterocycles. The van der Waals surface area contributed by atoms with Gasteiger partial charge in [-0.15, -0.1) is 0 Å². The van der Waals surface area contributed by atoms with Crippen LogP contribution >= 0.6 is 0 Å². The first-order chi connectivity index (χ1) is 10.2. The van der Waals surface area contributed by atoms with Crippen LogP contribution < -0.4 is 5.32 Å². The molecule has 0 fully saturated rings. The number of benzene rings is 1. The van der Waals surface area contributed by atoms with E-state index in [1.54, 1.807) is 25.5 Å². The fourth-order valence-corrected chi connectivity index (χ4v) is 1.90. The van der Waals surface area contributed by atoms with Gasteiger partial charge in [0.1, 0.15) is 17.9 Å². The Hall–Kier alpha value is -2.85. The first kappa shape index (κ1) is 14.6. The number of rotatable bonds is 6. The van der Waals surface area contributed by atoms with Gasteiger partial charge < -0.3 is 14.5 Å². The zero-order valence-electron chi connectivity index (χ0n) is 11.3. The fraction of sp³-hybridized carbons (Fsp3) is 0.214. The summed E-state index contributed by atoms with van der Waals surface area (Å²) in [5.74, 6) is 0.652. The molecule has 1 aromatic carbocycles. The highest BCUT2D eigenvalue weighted by atomic mass is 16.6. The standard InChI is InChI=1S/C14H13N3O4/c1-20-9-13(14-3-2-6-21-14)16-12-5-4-11(17(18)19)7-10(12)8-15/h2-7,13,16H,9H2,1H3. The maximum absolute atomic E-state index is 10.7. The SMILES string of the molecule is COCC(Nc1ccc([N+](=O)[O-])cc1C#N)c1ccco1. The molecule has 21 heavy (non-hydrogen) atoms. The number of hydrogen-bond acceptors (Lipinski definition) is 6. The van der Waals surface area contributed by atoms with Gasteiger partial charge in [0.15, 0.2) is 0 Å². The van der Waals surface area contributed by atoms with Crippen molar-refractivity contribution >= 4 is 11.4 Å². The minimum absolute atomic E-state index is 0.126. The van der Waals surface area contributed by atoms with Gasteiger partial charge in [-0.3, -0.25) is 10.1 Å². The van der Waals surface area contributed by atoms with Crippen molar-refractivity contribution < 1.29 is 14.1 Å². The van der Waals surface area contributed by atoms with E-state index in [9.17, 15) is 10.1 Å². The summed E-state index contributed by atoms with van der Waals surface area (Å²) in [5, 5.41) is 23.0. The third-order valence-electron chi connectivity index (χ3n) is 2.88. The number of nitriles is 1. The Bertz CT molecular complexity index is 661. The maximum atomic E-state index is 10.7.